The molecule has 0 saturated carbocycles. The van der Waals surface area contributed by atoms with Crippen LogP contribution in [0.4, 0.5) is 0 Å². The highest BCUT2D eigenvalue weighted by Crippen LogP contribution is 2.28. The van der Waals surface area contributed by atoms with Gasteiger partial charge in [0.15, 0.2) is 5.16 Å². The summed E-state index contributed by atoms with van der Waals surface area (Å²) in [5.41, 5.74) is 2.20. The number of sulfonamides is 1. The Morgan fingerprint density at radius 3 is 2.54 bits per heavy atom. The second kappa shape index (κ2) is 8.51. The number of benzene rings is 1. The summed E-state index contributed by atoms with van der Waals surface area (Å²) in [5.74, 6) is 1.13. The highest BCUT2D eigenvalue weighted by atomic mass is 79.9. The van der Waals surface area contributed by atoms with Crippen molar-refractivity contribution in [3.05, 3.63) is 34.9 Å². The first-order valence-corrected chi connectivity index (χ1v) is 11.3. The van der Waals surface area contributed by atoms with E-state index in [1.165, 1.54) is 6.26 Å². The van der Waals surface area contributed by atoms with Crippen molar-refractivity contribution in [2.45, 2.75) is 25.5 Å². The molecule has 8 heteroatoms. The number of nitrogens with zero attached hydrogens (tertiary/aromatic N) is 2. The van der Waals surface area contributed by atoms with E-state index in [2.05, 4.69) is 56.2 Å². The van der Waals surface area contributed by atoms with Gasteiger partial charge in [0.25, 0.3) is 0 Å². The van der Waals surface area contributed by atoms with Gasteiger partial charge in [-0.1, -0.05) is 53.7 Å². The average Bonchev–Trinajstić information content (AvgIpc) is 2.86. The lowest BCUT2D eigenvalue weighted by atomic mass is 10.1. The van der Waals surface area contributed by atoms with E-state index in [-0.39, 0.29) is 0 Å². The number of aromatic nitrogens is 2. The number of hydrogen-bond donors (Lipinski definition) is 1. The molecule has 0 unspecified atom stereocenters. The van der Waals surface area contributed by atoms with Gasteiger partial charge in [-0.05, 0) is 23.6 Å². The normalized spacial score (nSPS) is 12.0. The molecule has 0 aliphatic carbocycles. The van der Waals surface area contributed by atoms with Crippen LogP contribution in [0, 0.1) is 5.92 Å². The first-order valence-electron chi connectivity index (χ1n) is 7.65. The Morgan fingerprint density at radius 1 is 1.29 bits per heavy atom. The molecule has 0 fully saturated rings. The van der Waals surface area contributed by atoms with Gasteiger partial charge in [-0.2, -0.15) is 0 Å². The van der Waals surface area contributed by atoms with Crippen molar-refractivity contribution < 1.29 is 8.42 Å². The minimum absolute atomic E-state index is 0.394. The van der Waals surface area contributed by atoms with Crippen LogP contribution in [-0.4, -0.2) is 36.5 Å². The van der Waals surface area contributed by atoms with Crippen molar-refractivity contribution in [2.24, 2.45) is 5.92 Å². The third-order valence-electron chi connectivity index (χ3n) is 3.20. The highest BCUT2D eigenvalue weighted by Gasteiger charge is 2.13. The summed E-state index contributed by atoms with van der Waals surface area (Å²) >= 11 is 5.02. The van der Waals surface area contributed by atoms with Gasteiger partial charge in [0.2, 0.25) is 10.0 Å². The predicted molar refractivity (Wildman–Crippen MR) is 104 cm³/mol. The van der Waals surface area contributed by atoms with Crippen molar-refractivity contribution in [3.63, 3.8) is 0 Å². The Morgan fingerprint density at radius 2 is 1.96 bits per heavy atom. The standard InChI is InChI=1S/C16H22BrN3O2S2/c1-12(2)11-20-15(13-4-6-14(17)7-5-13)10-18-16(20)23-9-8-19-24(3,21)22/h4-7,10,12,19H,8-9,11H2,1-3H3. The summed E-state index contributed by atoms with van der Waals surface area (Å²) in [6.45, 7) is 5.61. The van der Waals surface area contributed by atoms with E-state index in [0.717, 1.165) is 27.4 Å². The lowest BCUT2D eigenvalue weighted by Crippen LogP contribution is -2.24. The van der Waals surface area contributed by atoms with Crippen molar-refractivity contribution in [3.8, 4) is 11.3 Å². The predicted octanol–water partition coefficient (Wildman–Crippen LogP) is 3.61. The Hall–Kier alpha value is -0.830. The molecular weight excluding hydrogens is 410 g/mol. The lowest BCUT2D eigenvalue weighted by molar-refractivity contribution is 0.498. The van der Waals surface area contributed by atoms with Gasteiger partial charge in [0.1, 0.15) is 0 Å². The topological polar surface area (TPSA) is 64.0 Å². The molecule has 5 nitrogen and oxygen atoms in total. The van der Waals surface area contributed by atoms with Gasteiger partial charge in [0, 0.05) is 23.3 Å². The Bertz CT molecular complexity index is 771. The first kappa shape index (κ1) is 19.5. The van der Waals surface area contributed by atoms with Gasteiger partial charge < -0.3 is 4.57 Å². The van der Waals surface area contributed by atoms with E-state index in [9.17, 15) is 8.42 Å². The van der Waals surface area contributed by atoms with Crippen LogP contribution in [-0.2, 0) is 16.6 Å². The van der Waals surface area contributed by atoms with Crippen LogP contribution in [0.1, 0.15) is 13.8 Å². The van der Waals surface area contributed by atoms with E-state index < -0.39 is 10.0 Å². The molecule has 1 aromatic heterocycles. The van der Waals surface area contributed by atoms with Crippen molar-refractivity contribution in [1.29, 1.82) is 0 Å². The second-order valence-corrected chi connectivity index (χ2v) is 9.76. The third-order valence-corrected chi connectivity index (χ3v) is 5.45. The zero-order valence-electron chi connectivity index (χ0n) is 14.0. The number of hydrogen-bond acceptors (Lipinski definition) is 4. The number of nitrogens with one attached hydrogen (secondary N) is 1. The Labute approximate surface area is 156 Å². The number of rotatable bonds is 8. The lowest BCUT2D eigenvalue weighted by Gasteiger charge is -2.14. The zero-order valence-corrected chi connectivity index (χ0v) is 17.2. The molecule has 1 heterocycles. The largest absolute Gasteiger partial charge is 0.319 e. The molecule has 0 atom stereocenters. The minimum atomic E-state index is -3.14. The van der Waals surface area contributed by atoms with E-state index in [4.69, 9.17) is 0 Å². The molecule has 0 radical (unpaired) electrons. The van der Waals surface area contributed by atoms with Crippen LogP contribution >= 0.6 is 27.7 Å². The van der Waals surface area contributed by atoms with Gasteiger partial charge in [-0.15, -0.1) is 0 Å². The van der Waals surface area contributed by atoms with E-state index in [0.29, 0.717) is 18.2 Å². The third kappa shape index (κ3) is 5.91. The summed E-state index contributed by atoms with van der Waals surface area (Å²) in [7, 11) is -3.14. The monoisotopic (exact) mass is 431 g/mol. The maximum absolute atomic E-state index is 11.1. The molecule has 0 spiro atoms. The molecule has 24 heavy (non-hydrogen) atoms. The van der Waals surface area contributed by atoms with Crippen molar-refractivity contribution >= 4 is 37.7 Å². The van der Waals surface area contributed by atoms with Gasteiger partial charge >= 0.3 is 0 Å². The average molecular weight is 432 g/mol. The highest BCUT2D eigenvalue weighted by molar-refractivity contribution is 9.10. The quantitative estimate of drug-likeness (QED) is 0.511. The van der Waals surface area contributed by atoms with Crippen LogP contribution in [0.3, 0.4) is 0 Å². The number of imidazole rings is 1. The second-order valence-electron chi connectivity index (χ2n) is 5.95. The molecule has 2 rings (SSSR count). The fourth-order valence-electron chi connectivity index (χ4n) is 2.24. The molecular formula is C16H22BrN3O2S2. The fourth-order valence-corrected chi connectivity index (χ4v) is 3.95. The minimum Gasteiger partial charge on any atom is -0.319 e. The van der Waals surface area contributed by atoms with Crippen LogP contribution in [0.25, 0.3) is 11.3 Å². The molecule has 2 aromatic rings. The van der Waals surface area contributed by atoms with Crippen LogP contribution < -0.4 is 4.72 Å². The molecule has 0 aliphatic rings. The Kier molecular flexibility index (Phi) is 6.91. The maximum Gasteiger partial charge on any atom is 0.208 e. The molecule has 0 bridgehead atoms. The van der Waals surface area contributed by atoms with E-state index in [1.807, 2.05) is 18.3 Å². The smallest absolute Gasteiger partial charge is 0.208 e. The van der Waals surface area contributed by atoms with Gasteiger partial charge in [-0.3, -0.25) is 0 Å². The van der Waals surface area contributed by atoms with Crippen molar-refractivity contribution in [2.75, 3.05) is 18.6 Å². The summed E-state index contributed by atoms with van der Waals surface area (Å²) in [6, 6.07) is 8.17. The molecule has 0 amide bonds. The van der Waals surface area contributed by atoms with E-state index in [1.54, 1.807) is 11.8 Å². The van der Waals surface area contributed by atoms with Crippen LogP contribution in [0.5, 0.6) is 0 Å². The van der Waals surface area contributed by atoms with Gasteiger partial charge in [-0.25, -0.2) is 18.1 Å². The fraction of sp³-hybridized carbons (Fsp3) is 0.438. The van der Waals surface area contributed by atoms with E-state index >= 15 is 0 Å². The van der Waals surface area contributed by atoms with Crippen molar-refractivity contribution in [1.82, 2.24) is 14.3 Å². The first-order chi connectivity index (χ1) is 11.3. The number of thioether (sulfide) groups is 1. The Balaban J connectivity index is 2.17. The summed E-state index contributed by atoms with van der Waals surface area (Å²) < 4.78 is 28.0. The molecule has 0 aliphatic heterocycles. The summed E-state index contributed by atoms with van der Waals surface area (Å²) in [5, 5.41) is 0.914. The molecule has 1 N–H and O–H groups in total. The summed E-state index contributed by atoms with van der Waals surface area (Å²) in [4.78, 5) is 4.54. The van der Waals surface area contributed by atoms with Crippen LogP contribution in [0.2, 0.25) is 0 Å². The molecule has 132 valence electrons. The summed E-state index contributed by atoms with van der Waals surface area (Å²) in [6.07, 6.45) is 3.06. The van der Waals surface area contributed by atoms with Gasteiger partial charge in [0.05, 0.1) is 18.1 Å². The molecule has 0 saturated heterocycles. The maximum atomic E-state index is 11.1. The molecule has 1 aromatic carbocycles. The number of halogens is 1. The zero-order chi connectivity index (χ0) is 17.7. The SMILES string of the molecule is CC(C)Cn1c(-c2ccc(Br)cc2)cnc1SCCNS(C)(=O)=O. The van der Waals surface area contributed by atoms with Crippen LogP contribution in [0.15, 0.2) is 40.1 Å².